The molecule has 0 saturated carbocycles. The molecule has 1 heterocycles. The summed E-state index contributed by atoms with van der Waals surface area (Å²) in [4.78, 5) is 13.3. The zero-order chi connectivity index (χ0) is 9.14. The summed E-state index contributed by atoms with van der Waals surface area (Å²) < 4.78 is 0. The number of nitrogens with zero attached hydrogens (tertiary/aromatic N) is 1. The van der Waals surface area contributed by atoms with Gasteiger partial charge in [-0.3, -0.25) is 0 Å². The lowest BCUT2D eigenvalue weighted by Gasteiger charge is -2.24. The number of aliphatic hydroxyl groups excluding tert-OH is 1. The maximum atomic E-state index is 10.6. The molecule has 5 nitrogen and oxygen atoms in total. The highest BCUT2D eigenvalue weighted by Crippen LogP contribution is 1.91. The summed E-state index contributed by atoms with van der Waals surface area (Å²) in [6, 6.07) is 0. The van der Waals surface area contributed by atoms with Gasteiger partial charge in [0, 0.05) is 0 Å². The van der Waals surface area contributed by atoms with E-state index in [4.69, 9.17) is 5.11 Å². The van der Waals surface area contributed by atoms with Gasteiger partial charge in [0.2, 0.25) is 0 Å². The molecule has 70 valence electrons. The number of nitrogens with one attached hydrogen (secondary N) is 1. The predicted octanol–water partition coefficient (Wildman–Crippen LogP) is -4.11. The fourth-order valence-electron chi connectivity index (χ4n) is 1.65. The largest absolute Gasteiger partial charge is 0.543 e. The molecule has 1 aliphatic heterocycles. The molecular formula is C7H14N2O3. The maximum absolute atomic E-state index is 10.6. The molecule has 5 heteroatoms. The highest BCUT2D eigenvalue weighted by molar-refractivity contribution is 5.69. The van der Waals surface area contributed by atoms with E-state index < -0.39 is 12.1 Å². The molecule has 0 aromatic heterocycles. The molecule has 2 atom stereocenters. The van der Waals surface area contributed by atoms with Crippen molar-refractivity contribution >= 4 is 5.97 Å². The number of rotatable bonds is 3. The summed E-state index contributed by atoms with van der Waals surface area (Å²) >= 11 is 0. The Morgan fingerprint density at radius 2 is 2.50 bits per heavy atom. The number of aliphatic hydroxyl groups is 1. The predicted molar refractivity (Wildman–Crippen MR) is 39.2 cm³/mol. The van der Waals surface area contributed by atoms with Gasteiger partial charge in [0.25, 0.3) is 0 Å². The topological polar surface area (TPSA) is 68.0 Å². The first-order valence-electron chi connectivity index (χ1n) is 4.03. The molecule has 2 N–H and O–H groups in total. The van der Waals surface area contributed by atoms with Gasteiger partial charge in [-0.15, -0.1) is 0 Å². The van der Waals surface area contributed by atoms with E-state index in [1.165, 1.54) is 0 Å². The number of likely N-dealkylation sites (N-methyl/N-ethyl adjacent to an activating group) is 1. The first-order chi connectivity index (χ1) is 5.66. The van der Waals surface area contributed by atoms with Crippen molar-refractivity contribution in [2.75, 3.05) is 33.3 Å². The van der Waals surface area contributed by atoms with Crippen LogP contribution in [0, 0.1) is 0 Å². The Morgan fingerprint density at radius 1 is 1.83 bits per heavy atom. The molecule has 0 bridgehead atoms. The van der Waals surface area contributed by atoms with Gasteiger partial charge in [-0.25, -0.2) is 4.90 Å². The molecule has 1 rings (SSSR count). The van der Waals surface area contributed by atoms with Crippen LogP contribution in [0.4, 0.5) is 0 Å². The number of carboxylic acid groups (broad SMARTS) is 1. The van der Waals surface area contributed by atoms with Crippen LogP contribution in [-0.2, 0) is 4.79 Å². The molecule has 0 spiro atoms. The van der Waals surface area contributed by atoms with Crippen molar-refractivity contribution in [3.05, 3.63) is 0 Å². The third-order valence-corrected chi connectivity index (χ3v) is 2.27. The summed E-state index contributed by atoms with van der Waals surface area (Å²) in [5.74, 6) is -1.06. The van der Waals surface area contributed by atoms with Gasteiger partial charge in [0.05, 0.1) is 19.7 Å². The summed E-state index contributed by atoms with van der Waals surface area (Å²) in [5.41, 5.74) is 0. The van der Waals surface area contributed by atoms with Gasteiger partial charge in [0.15, 0.2) is 6.17 Å². The highest BCUT2D eigenvalue weighted by atomic mass is 16.4. The van der Waals surface area contributed by atoms with Crippen molar-refractivity contribution in [2.45, 2.75) is 6.17 Å². The quantitative estimate of drug-likeness (QED) is 0.456. The van der Waals surface area contributed by atoms with Crippen LogP contribution in [0.25, 0.3) is 0 Å². The molecule has 0 radical (unpaired) electrons. The van der Waals surface area contributed by atoms with E-state index in [1.807, 2.05) is 0 Å². The van der Waals surface area contributed by atoms with E-state index in [2.05, 4.69) is 0 Å². The second-order valence-electron chi connectivity index (χ2n) is 3.08. The van der Waals surface area contributed by atoms with Crippen molar-refractivity contribution in [1.82, 2.24) is 4.90 Å². The third-order valence-electron chi connectivity index (χ3n) is 2.27. The van der Waals surface area contributed by atoms with Gasteiger partial charge in [-0.2, -0.15) is 0 Å². The molecule has 0 aliphatic carbocycles. The van der Waals surface area contributed by atoms with Crippen molar-refractivity contribution in [3.63, 3.8) is 0 Å². The molecule has 1 saturated heterocycles. The van der Waals surface area contributed by atoms with Gasteiger partial charge in [-0.1, -0.05) is 0 Å². The molecular weight excluding hydrogens is 160 g/mol. The van der Waals surface area contributed by atoms with Crippen LogP contribution in [0.2, 0.25) is 0 Å². The number of carboxylic acids is 1. The minimum atomic E-state index is -1.06. The number of carbonyl (C=O) groups excluding carboxylic acids is 1. The Labute approximate surface area is 71.2 Å². The van der Waals surface area contributed by atoms with E-state index in [9.17, 15) is 9.90 Å². The highest BCUT2D eigenvalue weighted by Gasteiger charge is 2.33. The standard InChI is InChI=1S/C7H14N2O3/c1-8-2-3-9(4-5-10)6(8)7(11)12/h6,10H,2-5H2,1H3,(H,11,12). The van der Waals surface area contributed by atoms with Crippen LogP contribution in [-0.4, -0.2) is 55.4 Å². The van der Waals surface area contributed by atoms with Crippen LogP contribution in [0.3, 0.4) is 0 Å². The van der Waals surface area contributed by atoms with Crippen LogP contribution >= 0.6 is 0 Å². The normalized spacial score (nSPS) is 30.8. The average molecular weight is 174 g/mol. The van der Waals surface area contributed by atoms with Crippen molar-refractivity contribution in [2.24, 2.45) is 0 Å². The monoisotopic (exact) mass is 174 g/mol. The summed E-state index contributed by atoms with van der Waals surface area (Å²) in [5, 5.41) is 19.3. The Morgan fingerprint density at radius 3 is 3.00 bits per heavy atom. The first-order valence-corrected chi connectivity index (χ1v) is 4.03. The molecule has 2 unspecified atom stereocenters. The molecule has 12 heavy (non-hydrogen) atoms. The Kier molecular flexibility index (Phi) is 3.02. The van der Waals surface area contributed by atoms with Crippen LogP contribution < -0.4 is 10.0 Å². The van der Waals surface area contributed by atoms with Crippen molar-refractivity contribution < 1.29 is 19.9 Å². The second-order valence-corrected chi connectivity index (χ2v) is 3.08. The lowest BCUT2D eigenvalue weighted by Crippen LogP contribution is -3.16. The number of hydrogen-bond donors (Lipinski definition) is 2. The van der Waals surface area contributed by atoms with Gasteiger partial charge in [-0.05, 0) is 7.05 Å². The van der Waals surface area contributed by atoms with Crippen molar-refractivity contribution in [1.29, 1.82) is 0 Å². The van der Waals surface area contributed by atoms with Crippen LogP contribution in [0.1, 0.15) is 0 Å². The first kappa shape index (κ1) is 9.44. The number of aliphatic carboxylic acids is 1. The number of quaternary nitrogens is 1. The third kappa shape index (κ3) is 1.74. The molecule has 0 aromatic rings. The summed E-state index contributed by atoms with van der Waals surface area (Å²) in [6.07, 6.45) is -0.586. The van der Waals surface area contributed by atoms with E-state index in [0.717, 1.165) is 18.0 Å². The minimum Gasteiger partial charge on any atom is -0.543 e. The summed E-state index contributed by atoms with van der Waals surface area (Å²) in [6.45, 7) is 2.00. The second kappa shape index (κ2) is 3.84. The Bertz CT molecular complexity index is 172. The molecule has 1 aliphatic rings. The lowest BCUT2D eigenvalue weighted by atomic mass is 10.4. The van der Waals surface area contributed by atoms with Crippen LogP contribution in [0.5, 0.6) is 0 Å². The zero-order valence-corrected chi connectivity index (χ0v) is 7.12. The van der Waals surface area contributed by atoms with E-state index in [-0.39, 0.29) is 6.61 Å². The lowest BCUT2D eigenvalue weighted by molar-refractivity contribution is -0.911. The van der Waals surface area contributed by atoms with E-state index >= 15 is 0 Å². The van der Waals surface area contributed by atoms with E-state index in [0.29, 0.717) is 6.54 Å². The van der Waals surface area contributed by atoms with Gasteiger partial charge in [0.1, 0.15) is 12.5 Å². The minimum absolute atomic E-state index is 0.0208. The Hall–Kier alpha value is -0.650. The Balaban J connectivity index is 2.57. The fraction of sp³-hybridized carbons (Fsp3) is 0.857. The maximum Gasteiger partial charge on any atom is 0.184 e. The fourth-order valence-corrected chi connectivity index (χ4v) is 1.65. The number of carbonyl (C=O) groups is 1. The molecule has 1 fully saturated rings. The SMILES string of the molecule is CN1CC[NH+](CCO)C1C(=O)[O-]. The van der Waals surface area contributed by atoms with Gasteiger partial charge >= 0.3 is 0 Å². The smallest absolute Gasteiger partial charge is 0.184 e. The zero-order valence-electron chi connectivity index (χ0n) is 7.12. The van der Waals surface area contributed by atoms with Crippen LogP contribution in [0.15, 0.2) is 0 Å². The molecule has 0 aromatic carbocycles. The summed E-state index contributed by atoms with van der Waals surface area (Å²) in [7, 11) is 1.75. The van der Waals surface area contributed by atoms with Crippen molar-refractivity contribution in [3.8, 4) is 0 Å². The average Bonchev–Trinajstić information content (AvgIpc) is 2.32. The number of hydrogen-bond acceptors (Lipinski definition) is 4. The van der Waals surface area contributed by atoms with E-state index in [1.54, 1.807) is 11.9 Å². The molecule has 0 amide bonds. The van der Waals surface area contributed by atoms with Gasteiger partial charge < -0.3 is 19.9 Å².